The Balaban J connectivity index is 1.42. The van der Waals surface area contributed by atoms with Gasteiger partial charge in [0.05, 0.1) is 23.0 Å². The molecule has 1 aliphatic rings. The van der Waals surface area contributed by atoms with Crippen LogP contribution in [0.1, 0.15) is 35.9 Å². The first-order valence-corrected chi connectivity index (χ1v) is 9.78. The molecule has 26 heavy (non-hydrogen) atoms. The molecule has 1 amide bonds. The van der Waals surface area contributed by atoms with E-state index in [4.69, 9.17) is 0 Å². The highest BCUT2D eigenvalue weighted by molar-refractivity contribution is 7.07. The highest BCUT2D eigenvalue weighted by Crippen LogP contribution is 2.18. The van der Waals surface area contributed by atoms with Gasteiger partial charge in [-0.15, -0.1) is 11.3 Å². The van der Waals surface area contributed by atoms with Crippen molar-refractivity contribution >= 4 is 28.3 Å². The van der Waals surface area contributed by atoms with E-state index in [1.165, 1.54) is 0 Å². The van der Waals surface area contributed by atoms with Crippen molar-refractivity contribution in [1.29, 1.82) is 0 Å². The van der Waals surface area contributed by atoms with Crippen molar-refractivity contribution in [2.75, 3.05) is 26.2 Å². The van der Waals surface area contributed by atoms with E-state index in [1.54, 1.807) is 23.7 Å². The smallest absolute Gasteiger partial charge is 0.255 e. The number of carbonyl (C=O) groups is 1. The molecule has 1 aliphatic heterocycles. The first kappa shape index (κ1) is 17.1. The van der Waals surface area contributed by atoms with E-state index in [0.717, 1.165) is 49.5 Å². The molecule has 0 radical (unpaired) electrons. The predicted molar refractivity (Wildman–Crippen MR) is 101 cm³/mol. The summed E-state index contributed by atoms with van der Waals surface area (Å²) in [5.74, 6) is 0.0463. The maximum atomic E-state index is 12.8. The Morgan fingerprint density at radius 1 is 1.19 bits per heavy atom. The fraction of sp³-hybridized carbons (Fsp3) is 0.444. The Labute approximate surface area is 156 Å². The minimum absolute atomic E-state index is 0.0463. The van der Waals surface area contributed by atoms with E-state index in [0.29, 0.717) is 5.56 Å². The second-order valence-electron chi connectivity index (χ2n) is 6.87. The molecule has 0 aliphatic carbocycles. The van der Waals surface area contributed by atoms with E-state index >= 15 is 0 Å². The third kappa shape index (κ3) is 3.34. The molecule has 0 N–H and O–H groups in total. The molecule has 1 saturated heterocycles. The summed E-state index contributed by atoms with van der Waals surface area (Å²) in [5, 5.41) is 7.36. The fourth-order valence-electron chi connectivity index (χ4n) is 3.27. The number of amides is 1. The van der Waals surface area contributed by atoms with Crippen molar-refractivity contribution in [2.45, 2.75) is 26.4 Å². The van der Waals surface area contributed by atoms with Crippen molar-refractivity contribution < 1.29 is 4.79 Å². The van der Waals surface area contributed by atoms with Crippen LogP contribution in [-0.2, 0) is 6.54 Å². The molecule has 0 spiro atoms. The van der Waals surface area contributed by atoms with Gasteiger partial charge in [0.15, 0.2) is 5.65 Å². The zero-order chi connectivity index (χ0) is 18.1. The van der Waals surface area contributed by atoms with Crippen LogP contribution in [0.2, 0.25) is 0 Å². The number of nitrogens with zero attached hydrogens (tertiary/aromatic N) is 6. The number of aromatic nitrogens is 4. The molecule has 4 rings (SSSR count). The van der Waals surface area contributed by atoms with Crippen LogP contribution in [0.4, 0.5) is 0 Å². The van der Waals surface area contributed by atoms with Crippen molar-refractivity contribution in [3.63, 3.8) is 0 Å². The maximum Gasteiger partial charge on any atom is 0.255 e. The number of rotatable bonds is 4. The zero-order valence-corrected chi connectivity index (χ0v) is 15.8. The summed E-state index contributed by atoms with van der Waals surface area (Å²) in [4.78, 5) is 25.9. The number of hydrogen-bond acceptors (Lipinski definition) is 6. The number of hydrogen-bond donors (Lipinski definition) is 0. The molecule has 3 aromatic rings. The van der Waals surface area contributed by atoms with Crippen molar-refractivity contribution in [3.05, 3.63) is 40.6 Å². The van der Waals surface area contributed by atoms with Crippen molar-refractivity contribution in [1.82, 2.24) is 29.5 Å². The number of carbonyl (C=O) groups excluding carboxylic acids is 1. The van der Waals surface area contributed by atoms with E-state index in [2.05, 4.69) is 39.2 Å². The van der Waals surface area contributed by atoms with E-state index in [9.17, 15) is 4.79 Å². The molecule has 0 unspecified atom stereocenters. The van der Waals surface area contributed by atoms with E-state index in [1.807, 2.05) is 21.2 Å². The second-order valence-corrected chi connectivity index (χ2v) is 7.59. The van der Waals surface area contributed by atoms with Gasteiger partial charge in [0.1, 0.15) is 0 Å². The number of thiazole rings is 1. The lowest BCUT2D eigenvalue weighted by Crippen LogP contribution is -2.48. The molecule has 8 heteroatoms. The van der Waals surface area contributed by atoms with Crippen molar-refractivity contribution in [3.8, 4) is 0 Å². The monoisotopic (exact) mass is 370 g/mol. The Morgan fingerprint density at radius 2 is 2.00 bits per heavy atom. The van der Waals surface area contributed by atoms with Crippen LogP contribution in [0.15, 0.2) is 29.4 Å². The summed E-state index contributed by atoms with van der Waals surface area (Å²) in [6.07, 6.45) is 3.46. The molecular weight excluding hydrogens is 348 g/mol. The van der Waals surface area contributed by atoms with Crippen LogP contribution in [0.5, 0.6) is 0 Å². The molecular formula is C18H22N6OS. The van der Waals surface area contributed by atoms with Crippen molar-refractivity contribution in [2.24, 2.45) is 0 Å². The van der Waals surface area contributed by atoms with Gasteiger partial charge < -0.3 is 4.90 Å². The lowest BCUT2D eigenvalue weighted by atomic mass is 10.2. The summed E-state index contributed by atoms with van der Waals surface area (Å²) >= 11 is 1.62. The molecule has 0 saturated carbocycles. The molecule has 3 aromatic heterocycles. The summed E-state index contributed by atoms with van der Waals surface area (Å²) in [5.41, 5.74) is 4.42. The average Bonchev–Trinajstić information content (AvgIpc) is 3.30. The minimum Gasteiger partial charge on any atom is -0.336 e. The first-order chi connectivity index (χ1) is 12.6. The molecule has 0 bridgehead atoms. The molecule has 0 aromatic carbocycles. The highest BCUT2D eigenvalue weighted by Gasteiger charge is 2.23. The average molecular weight is 370 g/mol. The summed E-state index contributed by atoms with van der Waals surface area (Å²) in [6.45, 7) is 8.18. The van der Waals surface area contributed by atoms with Gasteiger partial charge in [0.25, 0.3) is 5.91 Å². The third-order valence-electron chi connectivity index (χ3n) is 4.70. The van der Waals surface area contributed by atoms with Gasteiger partial charge in [-0.3, -0.25) is 9.69 Å². The number of piperazine rings is 1. The van der Waals surface area contributed by atoms with Gasteiger partial charge in [-0.25, -0.2) is 14.6 Å². The Hall–Kier alpha value is -2.32. The molecule has 7 nitrogen and oxygen atoms in total. The van der Waals surface area contributed by atoms with Gasteiger partial charge >= 0.3 is 0 Å². The van der Waals surface area contributed by atoms with Gasteiger partial charge in [-0.05, 0) is 19.9 Å². The normalized spacial score (nSPS) is 15.9. The van der Waals surface area contributed by atoms with E-state index in [-0.39, 0.29) is 11.9 Å². The SMILES string of the molecule is CC(C)n1ncc2cc(C(=O)N3CCN(Cc4cscn4)CC3)cnc21. The van der Waals surface area contributed by atoms with Gasteiger partial charge in [-0.1, -0.05) is 0 Å². The summed E-state index contributed by atoms with van der Waals surface area (Å²) in [6, 6.07) is 2.14. The predicted octanol–water partition coefficient (Wildman–Crippen LogP) is 2.43. The second kappa shape index (κ2) is 7.13. The van der Waals surface area contributed by atoms with Crippen LogP contribution in [0, 0.1) is 0 Å². The Morgan fingerprint density at radius 3 is 2.69 bits per heavy atom. The van der Waals surface area contributed by atoms with Gasteiger partial charge in [-0.2, -0.15) is 5.10 Å². The van der Waals surface area contributed by atoms with E-state index < -0.39 is 0 Å². The number of pyridine rings is 1. The molecule has 4 heterocycles. The lowest BCUT2D eigenvalue weighted by molar-refractivity contribution is 0.0627. The topological polar surface area (TPSA) is 67.2 Å². The third-order valence-corrected chi connectivity index (χ3v) is 5.33. The van der Waals surface area contributed by atoms with Crippen LogP contribution < -0.4 is 0 Å². The van der Waals surface area contributed by atoms with Gasteiger partial charge in [0.2, 0.25) is 0 Å². The first-order valence-electron chi connectivity index (χ1n) is 8.84. The molecule has 0 atom stereocenters. The minimum atomic E-state index is 0.0463. The lowest BCUT2D eigenvalue weighted by Gasteiger charge is -2.34. The van der Waals surface area contributed by atoms with Crippen LogP contribution in [0.3, 0.4) is 0 Å². The largest absolute Gasteiger partial charge is 0.336 e. The molecule has 1 fully saturated rings. The zero-order valence-electron chi connectivity index (χ0n) is 15.0. The van der Waals surface area contributed by atoms with Crippen LogP contribution in [0.25, 0.3) is 11.0 Å². The summed E-state index contributed by atoms with van der Waals surface area (Å²) in [7, 11) is 0. The van der Waals surface area contributed by atoms with Gasteiger partial charge in [0, 0.05) is 55.7 Å². The summed E-state index contributed by atoms with van der Waals surface area (Å²) < 4.78 is 1.88. The van der Waals surface area contributed by atoms with Crippen LogP contribution >= 0.6 is 11.3 Å². The van der Waals surface area contributed by atoms with Crippen LogP contribution in [-0.4, -0.2) is 61.6 Å². The molecule has 136 valence electrons. The fourth-order valence-corrected chi connectivity index (χ4v) is 3.82. The highest BCUT2D eigenvalue weighted by atomic mass is 32.1. The quantitative estimate of drug-likeness (QED) is 0.706. The Kier molecular flexibility index (Phi) is 4.69. The number of fused-ring (bicyclic) bond motifs is 1. The maximum absolute atomic E-state index is 12.8. The Bertz CT molecular complexity index is 896. The standard InChI is InChI=1S/C18H22N6OS/c1-13(2)24-17-14(9-21-24)7-15(8-19-17)18(25)23-5-3-22(4-6-23)10-16-11-26-12-20-16/h7-9,11-13H,3-6,10H2,1-2H3.